The van der Waals surface area contributed by atoms with Crippen LogP contribution < -0.4 is 10.6 Å². The molecule has 4 heteroatoms. The molecular weight excluding hydrogens is 560 g/mol. The molecule has 4 atom stereocenters. The van der Waals surface area contributed by atoms with Gasteiger partial charge in [0.1, 0.15) is 0 Å². The normalized spacial score (nSPS) is 24.9. The van der Waals surface area contributed by atoms with Crippen molar-refractivity contribution < 1.29 is 0 Å². The number of nitrogens with one attached hydrogen (secondary N) is 2. The number of aromatic nitrogens is 1. The van der Waals surface area contributed by atoms with Crippen LogP contribution in [-0.4, -0.2) is 16.9 Å². The minimum atomic E-state index is -0.0674. The second-order valence-corrected chi connectivity index (χ2v) is 13.7. The summed E-state index contributed by atoms with van der Waals surface area (Å²) in [5, 5.41) is 15.7. The largest absolute Gasteiger partial charge is 0.625 e. The first kappa shape index (κ1) is 27.8. The lowest BCUT2D eigenvalue weighted by atomic mass is 9.82. The first-order valence-corrected chi connectivity index (χ1v) is 16.7. The van der Waals surface area contributed by atoms with Gasteiger partial charge in [-0.1, -0.05) is 153 Å². The molecule has 4 aromatic carbocycles. The molecule has 1 fully saturated rings. The van der Waals surface area contributed by atoms with Gasteiger partial charge in [-0.3, -0.25) is 0 Å². The van der Waals surface area contributed by atoms with Crippen molar-refractivity contribution in [2.24, 2.45) is 5.92 Å². The molecule has 0 spiro atoms. The Bertz CT molecular complexity index is 2110. The van der Waals surface area contributed by atoms with Gasteiger partial charge in [-0.05, 0) is 48.1 Å². The molecule has 1 aromatic heterocycles. The molecule has 0 amide bonds. The van der Waals surface area contributed by atoms with Gasteiger partial charge in [-0.25, -0.2) is 0 Å². The van der Waals surface area contributed by atoms with Crippen molar-refractivity contribution >= 4 is 27.5 Å². The predicted octanol–water partition coefficient (Wildman–Crippen LogP) is 9.71. The highest BCUT2D eigenvalue weighted by Crippen LogP contribution is 2.53. The molecule has 228 valence electrons. The molecule has 1 saturated heterocycles. The van der Waals surface area contributed by atoms with Crippen LogP contribution in [-0.2, 0) is 5.41 Å². The van der Waals surface area contributed by atoms with Gasteiger partial charge >= 0.3 is 0 Å². The second kappa shape index (κ2) is 10.8. The number of fused-ring (bicyclic) bond motifs is 7. The molecule has 9 rings (SSSR count). The Morgan fingerprint density at radius 2 is 1.57 bits per heavy atom. The Hall–Kier alpha value is -4.48. The molecule has 0 saturated carbocycles. The lowest BCUT2D eigenvalue weighted by Gasteiger charge is -2.52. The molecule has 46 heavy (non-hydrogen) atoms. The monoisotopic (exact) mass is 599 g/mol. The van der Waals surface area contributed by atoms with Gasteiger partial charge in [0.15, 0.2) is 0 Å². The van der Waals surface area contributed by atoms with Crippen LogP contribution >= 0.6 is 0 Å². The summed E-state index contributed by atoms with van der Waals surface area (Å²) in [6, 6.07) is 33.4. The van der Waals surface area contributed by atoms with Gasteiger partial charge in [-0.2, -0.15) is 0 Å². The maximum Gasteiger partial charge on any atom is 0.0619 e. The first-order chi connectivity index (χ1) is 22.6. The van der Waals surface area contributed by atoms with Gasteiger partial charge < -0.3 is 20.5 Å². The standard InChI is InChI=1S/C42H39N4/c1-42(2)34-22-11-9-21-33(34)37-35(42)25-24-32-31-20-10-12-23-36(31)46(38(32)37)30-19-13-18-29(26-30)41-44-39(27-14-5-3-6-15-27)43-40(45-41)28-16-7-4-8-17-28/h3-7,9-16,18-25,29,39-41,44-45H,8,17,26H2,1-2H3/q-1. The number of rotatable bonds is 4. The molecule has 1 aliphatic heterocycles. The highest BCUT2D eigenvalue weighted by molar-refractivity contribution is 6.16. The minimum Gasteiger partial charge on any atom is -0.625 e. The number of benzene rings is 4. The van der Waals surface area contributed by atoms with Gasteiger partial charge in [0.05, 0.1) is 17.2 Å². The van der Waals surface area contributed by atoms with Crippen molar-refractivity contribution in [1.29, 1.82) is 0 Å². The van der Waals surface area contributed by atoms with Crippen LogP contribution in [0.25, 0.3) is 43.9 Å². The fraction of sp³-hybridized carbons (Fsp3) is 0.238. The summed E-state index contributed by atoms with van der Waals surface area (Å²) >= 11 is 0. The maximum absolute atomic E-state index is 5.28. The maximum atomic E-state index is 5.28. The van der Waals surface area contributed by atoms with Crippen molar-refractivity contribution in [1.82, 2.24) is 15.2 Å². The van der Waals surface area contributed by atoms with E-state index < -0.39 is 0 Å². The molecule has 2 heterocycles. The van der Waals surface area contributed by atoms with Gasteiger partial charge in [0, 0.05) is 33.4 Å². The quantitative estimate of drug-likeness (QED) is 0.216. The molecule has 3 aliphatic carbocycles. The molecule has 5 aromatic rings. The van der Waals surface area contributed by atoms with E-state index in [1.54, 1.807) is 0 Å². The summed E-state index contributed by atoms with van der Waals surface area (Å²) in [6.45, 7) is 4.75. The first-order valence-electron chi connectivity index (χ1n) is 16.7. The Morgan fingerprint density at radius 1 is 0.761 bits per heavy atom. The summed E-state index contributed by atoms with van der Waals surface area (Å²) in [7, 11) is 0. The van der Waals surface area contributed by atoms with E-state index in [0.717, 1.165) is 19.3 Å². The summed E-state index contributed by atoms with van der Waals surface area (Å²) in [5.41, 5.74) is 12.0. The second-order valence-electron chi connectivity index (χ2n) is 13.7. The molecule has 0 bridgehead atoms. The highest BCUT2D eigenvalue weighted by Gasteiger charge is 2.38. The van der Waals surface area contributed by atoms with E-state index in [1.165, 1.54) is 60.9 Å². The number of allylic oxidation sites excluding steroid dienone is 6. The van der Waals surface area contributed by atoms with E-state index in [4.69, 9.17) is 5.32 Å². The van der Waals surface area contributed by atoms with E-state index >= 15 is 0 Å². The smallest absolute Gasteiger partial charge is 0.0619 e. The zero-order valence-corrected chi connectivity index (χ0v) is 26.4. The van der Waals surface area contributed by atoms with Crippen LogP contribution in [0.15, 0.2) is 133 Å². The van der Waals surface area contributed by atoms with E-state index in [9.17, 15) is 0 Å². The molecular formula is C42H39N4-. The summed E-state index contributed by atoms with van der Waals surface area (Å²) in [4.78, 5) is 0. The molecule has 0 radical (unpaired) electrons. The Labute approximate surface area is 271 Å². The van der Waals surface area contributed by atoms with Crippen molar-refractivity contribution in [2.45, 2.75) is 57.0 Å². The van der Waals surface area contributed by atoms with Crippen molar-refractivity contribution in [3.63, 3.8) is 0 Å². The number of hydrogen-bond acceptors (Lipinski definition) is 2. The summed E-state index contributed by atoms with van der Waals surface area (Å²) in [6.07, 6.45) is 16.7. The topological polar surface area (TPSA) is 43.1 Å². The van der Waals surface area contributed by atoms with Gasteiger partial charge in [0.25, 0.3) is 0 Å². The van der Waals surface area contributed by atoms with Crippen molar-refractivity contribution in [3.8, 4) is 11.1 Å². The number of hydrogen-bond donors (Lipinski definition) is 2. The van der Waals surface area contributed by atoms with Crippen LogP contribution in [0.4, 0.5) is 0 Å². The lowest BCUT2D eigenvalue weighted by molar-refractivity contribution is 0.267. The third kappa shape index (κ3) is 4.32. The van der Waals surface area contributed by atoms with Crippen LogP contribution in [0.1, 0.15) is 56.0 Å². The number of para-hydroxylation sites is 1. The van der Waals surface area contributed by atoms with Gasteiger partial charge in [0.2, 0.25) is 0 Å². The third-order valence-corrected chi connectivity index (χ3v) is 10.7. The van der Waals surface area contributed by atoms with E-state index in [0.29, 0.717) is 0 Å². The van der Waals surface area contributed by atoms with E-state index in [-0.39, 0.29) is 29.8 Å². The molecule has 4 unspecified atom stereocenters. The molecule has 2 N–H and O–H groups in total. The Balaban J connectivity index is 1.15. The van der Waals surface area contributed by atoms with E-state index in [1.807, 2.05) is 0 Å². The van der Waals surface area contributed by atoms with E-state index in [2.05, 4.69) is 156 Å². The van der Waals surface area contributed by atoms with Crippen LogP contribution in [0.2, 0.25) is 0 Å². The summed E-state index contributed by atoms with van der Waals surface area (Å²) in [5.74, 6) is 0.251. The zero-order valence-electron chi connectivity index (χ0n) is 26.4. The number of nitrogens with zero attached hydrogens (tertiary/aromatic N) is 2. The van der Waals surface area contributed by atoms with Crippen molar-refractivity contribution in [3.05, 3.63) is 155 Å². The highest BCUT2D eigenvalue weighted by atomic mass is 15.4. The Kier molecular flexibility index (Phi) is 6.53. The van der Waals surface area contributed by atoms with Crippen LogP contribution in [0, 0.1) is 5.92 Å². The minimum absolute atomic E-state index is 0.0144. The predicted molar refractivity (Wildman–Crippen MR) is 191 cm³/mol. The van der Waals surface area contributed by atoms with Gasteiger partial charge in [-0.15, -0.1) is 0 Å². The third-order valence-electron chi connectivity index (χ3n) is 10.7. The lowest BCUT2D eigenvalue weighted by Crippen LogP contribution is -2.57. The van der Waals surface area contributed by atoms with Crippen molar-refractivity contribution in [2.75, 3.05) is 0 Å². The fourth-order valence-electron chi connectivity index (χ4n) is 8.36. The van der Waals surface area contributed by atoms with Crippen LogP contribution in [0.5, 0.6) is 0 Å². The average Bonchev–Trinajstić information content (AvgIpc) is 3.58. The zero-order chi connectivity index (χ0) is 30.8. The fourth-order valence-corrected chi connectivity index (χ4v) is 8.36. The Morgan fingerprint density at radius 3 is 2.43 bits per heavy atom. The summed E-state index contributed by atoms with van der Waals surface area (Å²) < 4.78 is 2.58. The average molecular weight is 600 g/mol. The molecule has 4 aliphatic rings. The van der Waals surface area contributed by atoms with Crippen LogP contribution in [0.3, 0.4) is 0 Å². The SMILES string of the molecule is CC1(C)c2ccccc2-c2c1ccc1c3ccccc3n(C3=CC=CC(C4NC(C5=CC=CCC5)[N-]C(c5ccccc5)N4)C3)c21. The molecule has 4 nitrogen and oxygen atoms in total.